The molecule has 11 rings (SSSR count). The molecular weight excluding hydrogens is 1010 g/mol. The molecule has 1 amide bonds. The zero-order valence-electron chi connectivity index (χ0n) is 44.7. The summed E-state index contributed by atoms with van der Waals surface area (Å²) in [5.41, 5.74) is 10.9. The standard InChI is InChI=1S/C26H28N3.C23H16O6.C16H13N3O3/c1-19-17-21(20(2)29(19)24-9-7-6-8-10-24)11-13-23-14-12-22-18-25(27(3)4)15-16-26(22)28(23)5;24-20-16(14-7-3-1-5-12(14)9-18(20)22(26)27)11-17-15-8-4-2-6-13(15)10-19(21(17)25)23(28)29;1-22-16(21)19-15-17-12-8-7-11(9-13(12)18-15)14(20)10-5-3-2-4-6-10/h6-18H,1-5H3;1-10,24-25H,11H2,(H,26,27)(H,28,29);2-9H,1H3,(H2,17,18,19,21)/q+1;;/p-1. The second-order valence-corrected chi connectivity index (χ2v) is 19.1. The van der Waals surface area contributed by atoms with Crippen LogP contribution in [0.2, 0.25) is 0 Å². The summed E-state index contributed by atoms with van der Waals surface area (Å²) in [6.07, 6.45) is 3.71. The summed E-state index contributed by atoms with van der Waals surface area (Å²) in [4.78, 5) is 56.0. The topological polar surface area (TPSA) is 214 Å². The fourth-order valence-corrected chi connectivity index (χ4v) is 9.74. The number of benzene rings is 8. The van der Waals surface area contributed by atoms with Gasteiger partial charge < -0.3 is 39.6 Å². The summed E-state index contributed by atoms with van der Waals surface area (Å²) in [6, 6.07) is 54.5. The number of hydrogen-bond acceptors (Lipinski definition) is 9. The van der Waals surface area contributed by atoms with E-state index >= 15 is 0 Å². The fourth-order valence-electron chi connectivity index (χ4n) is 9.74. The van der Waals surface area contributed by atoms with Crippen LogP contribution < -0.4 is 19.9 Å². The van der Waals surface area contributed by atoms with Crippen LogP contribution in [-0.2, 0) is 18.2 Å². The highest BCUT2D eigenvalue weighted by molar-refractivity contribution is 6.10. The first-order valence-electron chi connectivity index (χ1n) is 25.4. The van der Waals surface area contributed by atoms with Gasteiger partial charge in [-0.2, -0.15) is 4.57 Å². The second-order valence-electron chi connectivity index (χ2n) is 19.1. The number of methoxy groups -OCH3 is 1. The summed E-state index contributed by atoms with van der Waals surface area (Å²) in [7, 11) is 7.55. The lowest BCUT2D eigenvalue weighted by atomic mass is 9.90. The van der Waals surface area contributed by atoms with E-state index < -0.39 is 29.5 Å². The Bertz CT molecular complexity index is 4100. The minimum absolute atomic E-state index is 0.0698. The Hall–Kier alpha value is -10.5. The van der Waals surface area contributed by atoms with Gasteiger partial charge in [0.25, 0.3) is 0 Å². The number of aromatic amines is 1. The van der Waals surface area contributed by atoms with Gasteiger partial charge in [0.1, 0.15) is 18.4 Å². The number of imidazole rings is 1. The summed E-state index contributed by atoms with van der Waals surface area (Å²) in [5, 5.41) is 48.5. The number of carbonyl (C=O) groups excluding carboxylic acids is 2. The molecule has 0 atom stereocenters. The van der Waals surface area contributed by atoms with Crippen molar-refractivity contribution in [2.75, 3.05) is 31.4 Å². The molecule has 0 bridgehead atoms. The lowest BCUT2D eigenvalue weighted by Gasteiger charge is -2.21. The van der Waals surface area contributed by atoms with Gasteiger partial charge in [-0.15, -0.1) is 0 Å². The Morgan fingerprint density at radius 1 is 0.700 bits per heavy atom. The van der Waals surface area contributed by atoms with Crippen LogP contribution in [0.5, 0.6) is 11.5 Å². The highest BCUT2D eigenvalue weighted by Gasteiger charge is 2.21. The highest BCUT2D eigenvalue weighted by atomic mass is 16.5. The predicted molar refractivity (Wildman–Crippen MR) is 311 cm³/mol. The zero-order valence-corrected chi connectivity index (χ0v) is 44.7. The van der Waals surface area contributed by atoms with Crippen molar-refractivity contribution in [3.05, 3.63) is 232 Å². The Morgan fingerprint density at radius 3 is 1.98 bits per heavy atom. The largest absolute Gasteiger partial charge is 0.872 e. The third kappa shape index (κ3) is 11.4. The third-order valence-electron chi connectivity index (χ3n) is 13.9. The van der Waals surface area contributed by atoms with E-state index in [1.54, 1.807) is 78.9 Å². The smallest absolute Gasteiger partial charge is 0.413 e. The van der Waals surface area contributed by atoms with Crippen molar-refractivity contribution in [3.63, 3.8) is 0 Å². The average molecular weight is 1070 g/mol. The molecule has 0 saturated heterocycles. The van der Waals surface area contributed by atoms with Gasteiger partial charge in [0, 0.05) is 83.6 Å². The number of carbonyl (C=O) groups is 4. The van der Waals surface area contributed by atoms with Gasteiger partial charge in [-0.25, -0.2) is 19.4 Å². The van der Waals surface area contributed by atoms with Crippen molar-refractivity contribution in [2.24, 2.45) is 7.05 Å². The number of hydrogen-bond donors (Lipinski definition) is 5. The summed E-state index contributed by atoms with van der Waals surface area (Å²) in [5.74, 6) is -3.51. The minimum atomic E-state index is -1.34. The predicted octanol–water partition coefficient (Wildman–Crippen LogP) is 12.0. The van der Waals surface area contributed by atoms with Crippen LogP contribution in [0, 0.1) is 13.8 Å². The Morgan fingerprint density at radius 2 is 1.32 bits per heavy atom. The molecule has 400 valence electrons. The number of carboxylic acids is 2. The number of aromatic nitrogens is 4. The number of aromatic carboxylic acids is 2. The number of carboxylic acid groups (broad SMARTS) is 2. The normalized spacial score (nSPS) is 11.0. The molecule has 0 aliphatic carbocycles. The van der Waals surface area contributed by atoms with Gasteiger partial charge in [-0.3, -0.25) is 10.1 Å². The second kappa shape index (κ2) is 23.4. The molecule has 3 aromatic heterocycles. The number of aromatic hydroxyl groups is 1. The van der Waals surface area contributed by atoms with Crippen molar-refractivity contribution in [2.45, 2.75) is 20.3 Å². The molecule has 0 aliphatic heterocycles. The van der Waals surface area contributed by atoms with E-state index in [0.717, 1.165) is 0 Å². The van der Waals surface area contributed by atoms with Crippen LogP contribution in [0.15, 0.2) is 176 Å². The Kier molecular flexibility index (Phi) is 15.9. The quantitative estimate of drug-likeness (QED) is 0.0607. The van der Waals surface area contributed by atoms with Crippen LogP contribution in [0.4, 0.5) is 16.4 Å². The maximum atomic E-state index is 12.9. The number of anilines is 2. The molecule has 5 N–H and O–H groups in total. The highest BCUT2D eigenvalue weighted by Crippen LogP contribution is 2.38. The average Bonchev–Trinajstić information content (AvgIpc) is 4.03. The molecule has 15 nitrogen and oxygen atoms in total. The molecule has 0 fully saturated rings. The molecule has 3 heterocycles. The van der Waals surface area contributed by atoms with E-state index in [1.807, 2.05) is 18.2 Å². The lowest BCUT2D eigenvalue weighted by Crippen LogP contribution is -2.32. The molecular formula is C65H56N6O9. The van der Waals surface area contributed by atoms with Crippen LogP contribution in [0.1, 0.15) is 70.4 Å². The van der Waals surface area contributed by atoms with E-state index in [4.69, 9.17) is 0 Å². The fraction of sp³-hybridized carbons (Fsp3) is 0.108. The lowest BCUT2D eigenvalue weighted by molar-refractivity contribution is -0.646. The number of rotatable bonds is 11. The molecule has 80 heavy (non-hydrogen) atoms. The van der Waals surface area contributed by atoms with Gasteiger partial charge >= 0.3 is 18.0 Å². The van der Waals surface area contributed by atoms with Crippen molar-refractivity contribution in [1.29, 1.82) is 0 Å². The molecule has 0 unspecified atom stereocenters. The Labute approximate surface area is 460 Å². The number of para-hydroxylation sites is 1. The summed E-state index contributed by atoms with van der Waals surface area (Å²) in [6.45, 7) is 4.35. The number of ether oxygens (including phenoxy) is 1. The van der Waals surface area contributed by atoms with Crippen LogP contribution in [0.25, 0.3) is 61.3 Å². The number of ketones is 1. The molecule has 15 heteroatoms. The first kappa shape index (κ1) is 54.3. The van der Waals surface area contributed by atoms with Gasteiger partial charge in [-0.1, -0.05) is 103 Å². The number of aryl methyl sites for hydroxylation is 2. The van der Waals surface area contributed by atoms with Crippen molar-refractivity contribution in [1.82, 2.24) is 14.5 Å². The number of nitrogens with one attached hydrogen (secondary N) is 2. The van der Waals surface area contributed by atoms with Gasteiger partial charge in [0.15, 0.2) is 5.78 Å². The monoisotopic (exact) mass is 1060 g/mol. The molecule has 0 aliphatic rings. The number of phenols is 1. The minimum Gasteiger partial charge on any atom is -0.872 e. The van der Waals surface area contributed by atoms with Gasteiger partial charge in [-0.05, 0) is 119 Å². The number of H-pyrrole nitrogens is 1. The summed E-state index contributed by atoms with van der Waals surface area (Å²) < 4.78 is 9.07. The zero-order chi connectivity index (χ0) is 56.8. The van der Waals surface area contributed by atoms with Crippen molar-refractivity contribution >= 4 is 91.1 Å². The maximum absolute atomic E-state index is 12.9. The SMILES string of the molecule is COC(=O)Nc1nc2ccc(C(=O)c3ccccc3)cc2[nH]1.Cc1cc(C=Cc2ccc3cc(N(C)C)ccc3[n+]2C)c(C)n1-c1ccccc1.O=C(O)c1cc2ccccc2c(Cc2c(O)c(C(=O)O)cc3ccccc23)c1[O-]. The number of nitrogens with zero attached hydrogens (tertiary/aromatic N) is 4. The van der Waals surface area contributed by atoms with Crippen molar-refractivity contribution < 1.29 is 48.9 Å². The van der Waals surface area contributed by atoms with Gasteiger partial charge in [0.05, 0.1) is 23.7 Å². The molecule has 0 spiro atoms. The molecule has 8 aromatic carbocycles. The maximum Gasteiger partial charge on any atom is 0.413 e. The van der Waals surface area contributed by atoms with E-state index in [0.29, 0.717) is 43.7 Å². The van der Waals surface area contributed by atoms with Crippen LogP contribution >= 0.6 is 0 Å². The van der Waals surface area contributed by atoms with Crippen LogP contribution in [0.3, 0.4) is 0 Å². The van der Waals surface area contributed by atoms with E-state index in [-0.39, 0.29) is 40.4 Å². The van der Waals surface area contributed by atoms with E-state index in [2.05, 4.69) is 148 Å². The van der Waals surface area contributed by atoms with E-state index in [1.165, 1.54) is 64.2 Å². The third-order valence-corrected chi connectivity index (χ3v) is 13.9. The van der Waals surface area contributed by atoms with E-state index in [9.17, 15) is 39.6 Å². The van der Waals surface area contributed by atoms with Crippen molar-refractivity contribution in [3.8, 4) is 17.2 Å². The number of fused-ring (bicyclic) bond motifs is 4. The summed E-state index contributed by atoms with van der Waals surface area (Å²) >= 11 is 0. The van der Waals surface area contributed by atoms with Gasteiger partial charge in [0.2, 0.25) is 17.2 Å². The first-order valence-corrected chi connectivity index (χ1v) is 25.4. The molecule has 0 saturated carbocycles. The number of amides is 1. The van der Waals surface area contributed by atoms with Crippen LogP contribution in [-0.4, -0.2) is 74.9 Å². The number of pyridine rings is 1. The molecule has 0 radical (unpaired) electrons. The first-order chi connectivity index (χ1) is 38.5. The molecule has 11 aromatic rings. The Balaban J connectivity index is 0.000000147.